The fraction of sp³-hybridized carbons (Fsp3) is 0.333. The van der Waals surface area contributed by atoms with Crippen LogP contribution in [0.5, 0.6) is 11.5 Å². The molecule has 0 spiro atoms. The van der Waals surface area contributed by atoms with Crippen LogP contribution in [0.3, 0.4) is 0 Å². The second-order valence-electron chi connectivity index (χ2n) is 5.37. The highest BCUT2D eigenvalue weighted by molar-refractivity contribution is 7.89. The summed E-state index contributed by atoms with van der Waals surface area (Å²) in [6, 6.07) is 6.21. The first-order valence-electron chi connectivity index (χ1n) is 7.34. The second kappa shape index (κ2) is 6.62. The summed E-state index contributed by atoms with van der Waals surface area (Å²) >= 11 is 0. The Morgan fingerprint density at radius 1 is 1.17 bits per heavy atom. The molecule has 0 saturated carbocycles. The lowest BCUT2D eigenvalue weighted by atomic mass is 10.3. The third kappa shape index (κ3) is 3.57. The Hall–Kier alpha value is -2.39. The van der Waals surface area contributed by atoms with Crippen molar-refractivity contribution in [2.75, 3.05) is 32.2 Å². The largest absolute Gasteiger partial charge is 0.486 e. The number of anilines is 1. The van der Waals surface area contributed by atoms with Crippen molar-refractivity contribution < 1.29 is 17.9 Å². The summed E-state index contributed by atoms with van der Waals surface area (Å²) in [5.41, 5.74) is 0.579. The normalized spacial score (nSPS) is 13.6. The van der Waals surface area contributed by atoms with Crippen LogP contribution in [0.1, 0.15) is 5.69 Å². The molecular formula is C15H18N4O4S. The lowest BCUT2D eigenvalue weighted by molar-refractivity contribution is 0.171. The standard InChI is InChI=1S/C15H18N4O4S/c1-19(2)15-16-6-5-11(18-15)10-17-24(20,21)12-3-4-13-14(9-12)23-8-7-22-13/h3-6,9,17H,7-8,10H2,1-2H3. The van der Waals surface area contributed by atoms with Crippen LogP contribution in [0.2, 0.25) is 0 Å². The van der Waals surface area contributed by atoms with Crippen molar-refractivity contribution in [3.05, 3.63) is 36.2 Å². The number of nitrogens with one attached hydrogen (secondary N) is 1. The first-order valence-corrected chi connectivity index (χ1v) is 8.82. The third-order valence-corrected chi connectivity index (χ3v) is 4.77. The number of ether oxygens (including phenoxy) is 2. The van der Waals surface area contributed by atoms with E-state index in [-0.39, 0.29) is 11.4 Å². The van der Waals surface area contributed by atoms with E-state index in [2.05, 4.69) is 14.7 Å². The number of rotatable bonds is 5. The average molecular weight is 350 g/mol. The highest BCUT2D eigenvalue weighted by atomic mass is 32.2. The third-order valence-electron chi connectivity index (χ3n) is 3.37. The van der Waals surface area contributed by atoms with Gasteiger partial charge in [0.1, 0.15) is 13.2 Å². The minimum atomic E-state index is -3.68. The van der Waals surface area contributed by atoms with E-state index in [1.807, 2.05) is 14.1 Å². The molecule has 128 valence electrons. The minimum Gasteiger partial charge on any atom is -0.486 e. The maximum Gasteiger partial charge on any atom is 0.241 e. The smallest absolute Gasteiger partial charge is 0.241 e. The van der Waals surface area contributed by atoms with Crippen molar-refractivity contribution in [1.82, 2.24) is 14.7 Å². The van der Waals surface area contributed by atoms with Gasteiger partial charge in [0.25, 0.3) is 0 Å². The number of sulfonamides is 1. The maximum atomic E-state index is 12.4. The lowest BCUT2D eigenvalue weighted by Crippen LogP contribution is -2.25. The molecule has 1 aromatic carbocycles. The zero-order chi connectivity index (χ0) is 17.2. The number of fused-ring (bicyclic) bond motifs is 1. The quantitative estimate of drug-likeness (QED) is 0.852. The summed E-state index contributed by atoms with van der Waals surface area (Å²) in [5.74, 6) is 1.50. The average Bonchev–Trinajstić information content (AvgIpc) is 2.60. The van der Waals surface area contributed by atoms with E-state index in [0.29, 0.717) is 36.4 Å². The van der Waals surface area contributed by atoms with Crippen LogP contribution in [0.25, 0.3) is 0 Å². The number of aromatic nitrogens is 2. The van der Waals surface area contributed by atoms with Gasteiger partial charge in [-0.05, 0) is 18.2 Å². The Kier molecular flexibility index (Phi) is 4.54. The predicted molar refractivity (Wildman–Crippen MR) is 87.8 cm³/mol. The van der Waals surface area contributed by atoms with Crippen molar-refractivity contribution >= 4 is 16.0 Å². The van der Waals surface area contributed by atoms with Crippen LogP contribution in [0.15, 0.2) is 35.4 Å². The Balaban J connectivity index is 1.75. The van der Waals surface area contributed by atoms with E-state index in [1.165, 1.54) is 12.1 Å². The predicted octanol–water partition coefficient (Wildman–Crippen LogP) is 0.792. The van der Waals surface area contributed by atoms with Gasteiger partial charge in [-0.15, -0.1) is 0 Å². The molecule has 0 radical (unpaired) electrons. The van der Waals surface area contributed by atoms with Crippen LogP contribution in [0.4, 0.5) is 5.95 Å². The molecule has 2 heterocycles. The first-order chi connectivity index (χ1) is 11.5. The van der Waals surface area contributed by atoms with Crippen molar-refractivity contribution in [1.29, 1.82) is 0 Å². The van der Waals surface area contributed by atoms with Gasteiger partial charge in [-0.1, -0.05) is 0 Å². The van der Waals surface area contributed by atoms with Crippen LogP contribution < -0.4 is 19.1 Å². The highest BCUT2D eigenvalue weighted by Gasteiger charge is 2.19. The molecular weight excluding hydrogens is 332 g/mol. The summed E-state index contributed by atoms with van der Waals surface area (Å²) in [5, 5.41) is 0. The van der Waals surface area contributed by atoms with E-state index < -0.39 is 10.0 Å². The summed E-state index contributed by atoms with van der Waals surface area (Å²) < 4.78 is 38.2. The Morgan fingerprint density at radius 3 is 2.67 bits per heavy atom. The van der Waals surface area contributed by atoms with Gasteiger partial charge in [-0.25, -0.2) is 23.1 Å². The Bertz CT molecular complexity index is 839. The summed E-state index contributed by atoms with van der Waals surface area (Å²) in [7, 11) is -0.0488. The molecule has 0 atom stereocenters. The van der Waals surface area contributed by atoms with Crippen molar-refractivity contribution in [2.24, 2.45) is 0 Å². The minimum absolute atomic E-state index is 0.0696. The zero-order valence-corrected chi connectivity index (χ0v) is 14.2. The monoisotopic (exact) mass is 350 g/mol. The van der Waals surface area contributed by atoms with E-state index in [0.717, 1.165) is 0 Å². The molecule has 1 aliphatic heterocycles. The number of hydrogen-bond acceptors (Lipinski definition) is 7. The fourth-order valence-corrected chi connectivity index (χ4v) is 3.16. The fourth-order valence-electron chi connectivity index (χ4n) is 2.14. The van der Waals surface area contributed by atoms with E-state index in [1.54, 1.807) is 23.2 Å². The Morgan fingerprint density at radius 2 is 1.92 bits per heavy atom. The van der Waals surface area contributed by atoms with Gasteiger partial charge < -0.3 is 14.4 Å². The molecule has 3 rings (SSSR count). The summed E-state index contributed by atoms with van der Waals surface area (Å²) in [4.78, 5) is 10.2. The molecule has 0 bridgehead atoms. The molecule has 0 amide bonds. The van der Waals surface area contributed by atoms with Crippen LogP contribution in [-0.2, 0) is 16.6 Å². The van der Waals surface area contributed by atoms with Crippen molar-refractivity contribution in [3.8, 4) is 11.5 Å². The molecule has 1 N–H and O–H groups in total. The summed E-state index contributed by atoms with van der Waals surface area (Å²) in [6.07, 6.45) is 1.59. The van der Waals surface area contributed by atoms with Gasteiger partial charge in [0.2, 0.25) is 16.0 Å². The van der Waals surface area contributed by atoms with E-state index >= 15 is 0 Å². The van der Waals surface area contributed by atoms with Gasteiger partial charge in [0.15, 0.2) is 11.5 Å². The maximum absolute atomic E-state index is 12.4. The molecule has 1 aliphatic rings. The van der Waals surface area contributed by atoms with Gasteiger partial charge >= 0.3 is 0 Å². The van der Waals surface area contributed by atoms with Gasteiger partial charge in [0, 0.05) is 26.4 Å². The van der Waals surface area contributed by atoms with Gasteiger partial charge in [-0.2, -0.15) is 0 Å². The van der Waals surface area contributed by atoms with E-state index in [9.17, 15) is 8.42 Å². The highest BCUT2D eigenvalue weighted by Crippen LogP contribution is 2.32. The topological polar surface area (TPSA) is 93.7 Å². The van der Waals surface area contributed by atoms with Crippen LogP contribution >= 0.6 is 0 Å². The van der Waals surface area contributed by atoms with Crippen molar-refractivity contribution in [2.45, 2.75) is 11.4 Å². The number of nitrogens with zero attached hydrogens (tertiary/aromatic N) is 3. The molecule has 24 heavy (non-hydrogen) atoms. The van der Waals surface area contributed by atoms with Crippen LogP contribution in [0, 0.1) is 0 Å². The van der Waals surface area contributed by atoms with Crippen molar-refractivity contribution in [3.63, 3.8) is 0 Å². The SMILES string of the molecule is CN(C)c1nccc(CNS(=O)(=O)c2ccc3c(c2)OCCO3)n1. The summed E-state index contributed by atoms with van der Waals surface area (Å²) in [6.45, 7) is 0.928. The first kappa shape index (κ1) is 16.5. The number of benzene rings is 1. The Labute approximate surface area is 140 Å². The lowest BCUT2D eigenvalue weighted by Gasteiger charge is -2.19. The molecule has 0 aliphatic carbocycles. The molecule has 0 unspecified atom stereocenters. The van der Waals surface area contributed by atoms with E-state index in [4.69, 9.17) is 9.47 Å². The zero-order valence-electron chi connectivity index (χ0n) is 13.4. The molecule has 1 aromatic heterocycles. The molecule has 8 nitrogen and oxygen atoms in total. The molecule has 9 heteroatoms. The second-order valence-corrected chi connectivity index (χ2v) is 7.14. The molecule has 0 saturated heterocycles. The van der Waals surface area contributed by atoms with Crippen LogP contribution in [-0.4, -0.2) is 45.7 Å². The molecule has 2 aromatic rings. The van der Waals surface area contributed by atoms with Gasteiger partial charge in [0.05, 0.1) is 17.1 Å². The van der Waals surface area contributed by atoms with Gasteiger partial charge in [-0.3, -0.25) is 0 Å². The molecule has 0 fully saturated rings. The number of hydrogen-bond donors (Lipinski definition) is 1.